The van der Waals surface area contributed by atoms with Crippen LogP contribution in [0.5, 0.6) is 5.75 Å². The lowest BCUT2D eigenvalue weighted by Crippen LogP contribution is -2.17. The summed E-state index contributed by atoms with van der Waals surface area (Å²) in [5.74, 6) is -0.470. The molecule has 0 amide bonds. The Balaban J connectivity index is 3.06. The SMILES string of the molecule is N#CC(C#N)=CNc1cc(Br)ccc1OC(F)(F)F. The standard InChI is InChI=1S/C11H5BrF3N3O/c12-8-1-2-10(19-11(13,14)15)9(3-8)18-6-7(4-16)5-17/h1-3,6,18H. The van der Waals surface area contributed by atoms with E-state index in [1.54, 1.807) is 12.1 Å². The second-order valence-electron chi connectivity index (χ2n) is 3.11. The first-order chi connectivity index (χ1) is 8.85. The van der Waals surface area contributed by atoms with Crippen LogP contribution < -0.4 is 10.1 Å². The summed E-state index contributed by atoms with van der Waals surface area (Å²) in [4.78, 5) is 0. The van der Waals surface area contributed by atoms with Gasteiger partial charge in [0.1, 0.15) is 17.7 Å². The number of nitrogens with zero attached hydrogens (tertiary/aromatic N) is 2. The Morgan fingerprint density at radius 2 is 1.95 bits per heavy atom. The van der Waals surface area contributed by atoms with Crippen LogP contribution in [0.3, 0.4) is 0 Å². The van der Waals surface area contributed by atoms with E-state index < -0.39 is 12.1 Å². The maximum atomic E-state index is 12.2. The topological polar surface area (TPSA) is 68.8 Å². The second kappa shape index (κ2) is 6.12. The molecule has 0 saturated heterocycles. The highest BCUT2D eigenvalue weighted by Gasteiger charge is 2.32. The molecule has 8 heteroatoms. The van der Waals surface area contributed by atoms with E-state index in [9.17, 15) is 13.2 Å². The molecule has 0 spiro atoms. The van der Waals surface area contributed by atoms with Crippen LogP contribution in [0.15, 0.2) is 34.4 Å². The van der Waals surface area contributed by atoms with E-state index in [2.05, 4.69) is 26.0 Å². The molecule has 98 valence electrons. The first-order valence-corrected chi connectivity index (χ1v) is 5.47. The Bertz CT molecular complexity index is 568. The maximum Gasteiger partial charge on any atom is 0.573 e. The number of benzene rings is 1. The van der Waals surface area contributed by atoms with Crippen LogP contribution in [-0.4, -0.2) is 6.36 Å². The minimum absolute atomic E-state index is 0.0327. The zero-order valence-corrected chi connectivity index (χ0v) is 10.7. The minimum atomic E-state index is -4.83. The third kappa shape index (κ3) is 4.90. The molecule has 0 aromatic heterocycles. The van der Waals surface area contributed by atoms with Crippen LogP contribution in [0.2, 0.25) is 0 Å². The van der Waals surface area contributed by atoms with Crippen LogP contribution >= 0.6 is 15.9 Å². The van der Waals surface area contributed by atoms with Gasteiger partial charge in [-0.25, -0.2) is 0 Å². The lowest BCUT2D eigenvalue weighted by atomic mass is 10.3. The molecule has 1 aromatic carbocycles. The van der Waals surface area contributed by atoms with Gasteiger partial charge < -0.3 is 10.1 Å². The number of alkyl halides is 3. The highest BCUT2D eigenvalue weighted by Crippen LogP contribution is 2.32. The van der Waals surface area contributed by atoms with Gasteiger partial charge in [-0.05, 0) is 18.2 Å². The molecule has 0 bridgehead atoms. The van der Waals surface area contributed by atoms with Gasteiger partial charge in [-0.1, -0.05) is 15.9 Å². The highest BCUT2D eigenvalue weighted by molar-refractivity contribution is 9.10. The number of nitriles is 2. The van der Waals surface area contributed by atoms with Crippen molar-refractivity contribution < 1.29 is 17.9 Å². The number of nitrogens with one attached hydrogen (secondary N) is 1. The molecule has 0 radical (unpaired) electrons. The van der Waals surface area contributed by atoms with Gasteiger partial charge in [-0.3, -0.25) is 0 Å². The normalized spacial score (nSPS) is 10.0. The van der Waals surface area contributed by atoms with Gasteiger partial charge in [-0.15, -0.1) is 13.2 Å². The van der Waals surface area contributed by atoms with Crippen molar-refractivity contribution in [3.8, 4) is 17.9 Å². The van der Waals surface area contributed by atoms with Crippen molar-refractivity contribution in [2.75, 3.05) is 5.32 Å². The zero-order valence-electron chi connectivity index (χ0n) is 9.12. The fraction of sp³-hybridized carbons (Fsp3) is 0.0909. The van der Waals surface area contributed by atoms with Crippen LogP contribution in [0.1, 0.15) is 0 Å². The molecule has 0 aliphatic rings. The molecule has 19 heavy (non-hydrogen) atoms. The average Bonchev–Trinajstić information content (AvgIpc) is 2.32. The van der Waals surface area contributed by atoms with Crippen LogP contribution in [-0.2, 0) is 0 Å². The van der Waals surface area contributed by atoms with Crippen molar-refractivity contribution >= 4 is 21.6 Å². The monoisotopic (exact) mass is 331 g/mol. The van der Waals surface area contributed by atoms with Crippen molar-refractivity contribution in [1.82, 2.24) is 0 Å². The molecule has 1 rings (SSSR count). The maximum absolute atomic E-state index is 12.2. The summed E-state index contributed by atoms with van der Waals surface area (Å²) >= 11 is 3.09. The number of ether oxygens (including phenoxy) is 1. The quantitative estimate of drug-likeness (QED) is 0.857. The Labute approximate surface area is 114 Å². The van der Waals surface area contributed by atoms with E-state index in [0.29, 0.717) is 4.47 Å². The summed E-state index contributed by atoms with van der Waals surface area (Å²) in [6.07, 6.45) is -3.84. The number of allylic oxidation sites excluding steroid dienone is 1. The van der Waals surface area contributed by atoms with Gasteiger partial charge in [-0.2, -0.15) is 10.5 Å². The lowest BCUT2D eigenvalue weighted by Gasteiger charge is -2.13. The van der Waals surface area contributed by atoms with E-state index in [1.807, 2.05) is 0 Å². The third-order valence-electron chi connectivity index (χ3n) is 1.78. The first kappa shape index (κ1) is 14.9. The summed E-state index contributed by atoms with van der Waals surface area (Å²) < 4.78 is 40.8. The van der Waals surface area contributed by atoms with Gasteiger partial charge in [0.25, 0.3) is 0 Å². The molecule has 1 aromatic rings. The number of hydrogen-bond donors (Lipinski definition) is 1. The lowest BCUT2D eigenvalue weighted by molar-refractivity contribution is -0.274. The summed E-state index contributed by atoms with van der Waals surface area (Å²) in [6.45, 7) is 0. The number of hydrogen-bond acceptors (Lipinski definition) is 4. The summed E-state index contributed by atoms with van der Waals surface area (Å²) in [6, 6.07) is 6.93. The highest BCUT2D eigenvalue weighted by atomic mass is 79.9. The third-order valence-corrected chi connectivity index (χ3v) is 2.27. The van der Waals surface area contributed by atoms with E-state index >= 15 is 0 Å². The molecule has 4 nitrogen and oxygen atoms in total. The molecule has 0 unspecified atom stereocenters. The molecule has 0 fully saturated rings. The summed E-state index contributed by atoms with van der Waals surface area (Å²) in [7, 11) is 0. The van der Waals surface area contributed by atoms with Crippen molar-refractivity contribution in [3.63, 3.8) is 0 Å². The smallest absolute Gasteiger partial charge is 0.404 e. The molecule has 0 aliphatic heterocycles. The Morgan fingerprint density at radius 3 is 2.47 bits per heavy atom. The Morgan fingerprint density at radius 1 is 1.32 bits per heavy atom. The zero-order chi connectivity index (χ0) is 14.5. The fourth-order valence-electron chi connectivity index (χ4n) is 1.07. The van der Waals surface area contributed by atoms with Crippen molar-refractivity contribution in [2.24, 2.45) is 0 Å². The predicted molar refractivity (Wildman–Crippen MR) is 63.8 cm³/mol. The van der Waals surface area contributed by atoms with Crippen LogP contribution in [0, 0.1) is 22.7 Å². The van der Waals surface area contributed by atoms with E-state index in [4.69, 9.17) is 10.5 Å². The van der Waals surface area contributed by atoms with Gasteiger partial charge in [0.05, 0.1) is 5.69 Å². The van der Waals surface area contributed by atoms with E-state index in [1.165, 1.54) is 12.1 Å². The molecular weight excluding hydrogens is 327 g/mol. The molecule has 0 saturated carbocycles. The average molecular weight is 332 g/mol. The number of anilines is 1. The van der Waals surface area contributed by atoms with Gasteiger partial charge >= 0.3 is 6.36 Å². The van der Waals surface area contributed by atoms with E-state index in [0.717, 1.165) is 12.3 Å². The second-order valence-corrected chi connectivity index (χ2v) is 4.03. The van der Waals surface area contributed by atoms with E-state index in [-0.39, 0.29) is 11.3 Å². The van der Waals surface area contributed by atoms with Crippen LogP contribution in [0.25, 0.3) is 0 Å². The number of rotatable bonds is 3. The molecule has 0 aliphatic carbocycles. The molecular formula is C11H5BrF3N3O. The van der Waals surface area contributed by atoms with Gasteiger partial charge in [0, 0.05) is 10.7 Å². The Kier molecular flexibility index (Phi) is 4.79. The molecule has 1 N–H and O–H groups in total. The Hall–Kier alpha value is -2.19. The molecule has 0 atom stereocenters. The van der Waals surface area contributed by atoms with Gasteiger partial charge in [0.2, 0.25) is 0 Å². The summed E-state index contributed by atoms with van der Waals surface area (Å²) in [5, 5.41) is 19.4. The van der Waals surface area contributed by atoms with Crippen molar-refractivity contribution in [3.05, 3.63) is 34.4 Å². The minimum Gasteiger partial charge on any atom is -0.404 e. The van der Waals surface area contributed by atoms with Crippen molar-refractivity contribution in [2.45, 2.75) is 6.36 Å². The largest absolute Gasteiger partial charge is 0.573 e. The van der Waals surface area contributed by atoms with Crippen molar-refractivity contribution in [1.29, 1.82) is 10.5 Å². The van der Waals surface area contributed by atoms with Gasteiger partial charge in [0.15, 0.2) is 5.75 Å². The first-order valence-electron chi connectivity index (χ1n) is 4.68. The summed E-state index contributed by atoms with van der Waals surface area (Å²) in [5.41, 5.74) is -0.312. The predicted octanol–water partition coefficient (Wildman–Crippen LogP) is 3.69. The number of halogens is 4. The fourth-order valence-corrected chi connectivity index (χ4v) is 1.43. The van der Waals surface area contributed by atoms with Crippen LogP contribution in [0.4, 0.5) is 18.9 Å². The molecule has 0 heterocycles.